The van der Waals surface area contributed by atoms with Gasteiger partial charge in [0.1, 0.15) is 5.82 Å². The first-order chi connectivity index (χ1) is 12.7. The fourth-order valence-electron chi connectivity index (χ4n) is 4.89. The van der Waals surface area contributed by atoms with Crippen molar-refractivity contribution in [2.24, 2.45) is 13.0 Å². The Morgan fingerprint density at radius 2 is 1.77 bits per heavy atom. The Balaban J connectivity index is 1.47. The van der Waals surface area contributed by atoms with Crippen LogP contribution >= 0.6 is 0 Å². The number of hydrogen-bond donors (Lipinski definition) is 0. The van der Waals surface area contributed by atoms with Gasteiger partial charge in [-0.25, -0.2) is 4.98 Å². The van der Waals surface area contributed by atoms with Crippen molar-refractivity contribution in [2.75, 3.05) is 13.1 Å². The smallest absolute Gasteiger partial charge is 0.230 e. The molecular formula is C22H29N3O. The highest BCUT2D eigenvalue weighted by atomic mass is 16.2. The minimum absolute atomic E-state index is 0.0448. The third-order valence-electron chi connectivity index (χ3n) is 6.33. The van der Waals surface area contributed by atoms with Crippen molar-refractivity contribution < 1.29 is 4.79 Å². The van der Waals surface area contributed by atoms with Crippen molar-refractivity contribution in [1.82, 2.24) is 14.5 Å². The molecule has 0 bridgehead atoms. The van der Waals surface area contributed by atoms with E-state index in [2.05, 4.69) is 45.8 Å². The zero-order chi connectivity index (χ0) is 17.9. The van der Waals surface area contributed by atoms with Gasteiger partial charge in [0, 0.05) is 38.4 Å². The summed E-state index contributed by atoms with van der Waals surface area (Å²) in [7, 11) is 2.06. The summed E-state index contributed by atoms with van der Waals surface area (Å²) in [5.74, 6) is 2.54. The summed E-state index contributed by atoms with van der Waals surface area (Å²) >= 11 is 0. The van der Waals surface area contributed by atoms with Gasteiger partial charge in [0.15, 0.2) is 0 Å². The van der Waals surface area contributed by atoms with E-state index in [4.69, 9.17) is 0 Å². The molecule has 1 saturated carbocycles. The second-order valence-corrected chi connectivity index (χ2v) is 7.93. The first-order valence-electron chi connectivity index (χ1n) is 10.0. The van der Waals surface area contributed by atoms with Gasteiger partial charge in [0.25, 0.3) is 0 Å². The molecule has 1 atom stereocenters. The lowest BCUT2D eigenvalue weighted by Crippen LogP contribution is -2.42. The van der Waals surface area contributed by atoms with Crippen LogP contribution < -0.4 is 0 Å². The van der Waals surface area contributed by atoms with Crippen LogP contribution in [0.25, 0.3) is 0 Å². The molecule has 1 aliphatic carbocycles. The average Bonchev–Trinajstić information content (AvgIpc) is 3.35. The Hall–Kier alpha value is -2.10. The second kappa shape index (κ2) is 7.65. The predicted octanol–water partition coefficient (Wildman–Crippen LogP) is 4.10. The highest BCUT2D eigenvalue weighted by Gasteiger charge is 2.36. The summed E-state index contributed by atoms with van der Waals surface area (Å²) in [6.07, 6.45) is 10.8. The first-order valence-corrected chi connectivity index (χ1v) is 10.0. The van der Waals surface area contributed by atoms with Crippen LogP contribution in [-0.4, -0.2) is 33.4 Å². The number of hydrogen-bond acceptors (Lipinski definition) is 2. The van der Waals surface area contributed by atoms with Crippen molar-refractivity contribution in [1.29, 1.82) is 0 Å². The van der Waals surface area contributed by atoms with Gasteiger partial charge in [0.2, 0.25) is 5.91 Å². The summed E-state index contributed by atoms with van der Waals surface area (Å²) in [6, 6.07) is 10.5. The molecule has 0 unspecified atom stereocenters. The molecule has 4 heteroatoms. The Morgan fingerprint density at radius 1 is 1.08 bits per heavy atom. The van der Waals surface area contributed by atoms with Gasteiger partial charge in [-0.1, -0.05) is 43.2 Å². The quantitative estimate of drug-likeness (QED) is 0.832. The van der Waals surface area contributed by atoms with E-state index < -0.39 is 0 Å². The zero-order valence-electron chi connectivity index (χ0n) is 15.7. The van der Waals surface area contributed by atoms with E-state index in [1.165, 1.54) is 31.2 Å². The highest BCUT2D eigenvalue weighted by Crippen LogP contribution is 2.39. The molecule has 0 N–H and O–H groups in total. The van der Waals surface area contributed by atoms with E-state index in [0.29, 0.717) is 17.7 Å². The van der Waals surface area contributed by atoms with Crippen LogP contribution in [0.2, 0.25) is 0 Å². The van der Waals surface area contributed by atoms with Gasteiger partial charge in [-0.15, -0.1) is 0 Å². The van der Waals surface area contributed by atoms with Gasteiger partial charge < -0.3 is 9.47 Å². The number of benzene rings is 1. The van der Waals surface area contributed by atoms with Crippen LogP contribution in [0.5, 0.6) is 0 Å². The fourth-order valence-corrected chi connectivity index (χ4v) is 4.89. The van der Waals surface area contributed by atoms with E-state index in [1.807, 2.05) is 18.5 Å². The minimum Gasteiger partial charge on any atom is -0.342 e. The van der Waals surface area contributed by atoms with Gasteiger partial charge in [-0.2, -0.15) is 0 Å². The summed E-state index contributed by atoms with van der Waals surface area (Å²) in [6.45, 7) is 1.71. The maximum Gasteiger partial charge on any atom is 0.230 e. The van der Waals surface area contributed by atoms with Crippen molar-refractivity contribution in [2.45, 2.75) is 50.4 Å². The Bertz CT molecular complexity index is 725. The van der Waals surface area contributed by atoms with Crippen molar-refractivity contribution in [3.8, 4) is 0 Å². The molecule has 1 aliphatic heterocycles. The van der Waals surface area contributed by atoms with Gasteiger partial charge in [-0.3, -0.25) is 4.79 Å². The highest BCUT2D eigenvalue weighted by molar-refractivity contribution is 5.84. The number of likely N-dealkylation sites (tertiary alicyclic amines) is 1. The molecule has 0 spiro atoms. The standard InChI is InChI=1S/C22H29N3O/c1-24-16-13-23-21(24)19-11-14-25(15-12-19)22(26)20(18-9-5-6-10-18)17-7-3-2-4-8-17/h2-4,7-8,13,16,18-20H,5-6,9-12,14-15H2,1H3/t20-/m0/s1. The number of amides is 1. The minimum atomic E-state index is 0.0448. The summed E-state index contributed by atoms with van der Waals surface area (Å²) in [5, 5.41) is 0. The van der Waals surface area contributed by atoms with Crippen molar-refractivity contribution >= 4 is 5.91 Å². The molecular weight excluding hydrogens is 322 g/mol. The molecule has 1 aromatic carbocycles. The van der Waals surface area contributed by atoms with Gasteiger partial charge >= 0.3 is 0 Å². The van der Waals surface area contributed by atoms with Crippen LogP contribution in [-0.2, 0) is 11.8 Å². The number of nitrogens with zero attached hydrogens (tertiary/aromatic N) is 3. The normalized spacial score (nSPS) is 20.4. The Morgan fingerprint density at radius 3 is 2.38 bits per heavy atom. The van der Waals surface area contributed by atoms with Crippen LogP contribution in [0.4, 0.5) is 0 Å². The zero-order valence-corrected chi connectivity index (χ0v) is 15.7. The molecule has 2 aliphatic rings. The van der Waals surface area contributed by atoms with Crippen LogP contribution in [0.15, 0.2) is 42.7 Å². The van der Waals surface area contributed by atoms with E-state index >= 15 is 0 Å². The third-order valence-corrected chi connectivity index (χ3v) is 6.33. The monoisotopic (exact) mass is 351 g/mol. The number of rotatable bonds is 4. The maximum atomic E-state index is 13.5. The molecule has 2 fully saturated rings. The SMILES string of the molecule is Cn1ccnc1C1CCN(C(=O)[C@@H](c2ccccc2)C2CCCC2)CC1. The largest absolute Gasteiger partial charge is 0.342 e. The lowest BCUT2D eigenvalue weighted by molar-refractivity contribution is -0.135. The maximum absolute atomic E-state index is 13.5. The van der Waals surface area contributed by atoms with Crippen molar-refractivity contribution in [3.63, 3.8) is 0 Å². The van der Waals surface area contributed by atoms with Crippen molar-refractivity contribution in [3.05, 3.63) is 54.1 Å². The molecule has 0 radical (unpaired) electrons. The molecule has 26 heavy (non-hydrogen) atoms. The summed E-state index contributed by atoms with van der Waals surface area (Å²) in [4.78, 5) is 20.1. The topological polar surface area (TPSA) is 38.1 Å². The van der Waals surface area contributed by atoms with Gasteiger partial charge in [0.05, 0.1) is 5.92 Å². The molecule has 1 amide bonds. The number of piperidine rings is 1. The number of carbonyl (C=O) groups is 1. The van der Waals surface area contributed by atoms with Crippen LogP contribution in [0, 0.1) is 5.92 Å². The third kappa shape index (κ3) is 3.42. The van der Waals surface area contributed by atoms with Gasteiger partial charge in [-0.05, 0) is 37.2 Å². The predicted molar refractivity (Wildman–Crippen MR) is 103 cm³/mol. The molecule has 4 rings (SSSR count). The van der Waals surface area contributed by atoms with E-state index in [9.17, 15) is 4.79 Å². The average molecular weight is 351 g/mol. The fraction of sp³-hybridized carbons (Fsp3) is 0.545. The van der Waals surface area contributed by atoms with E-state index in [1.54, 1.807) is 0 Å². The molecule has 2 heterocycles. The first kappa shape index (κ1) is 17.3. The molecule has 1 aromatic heterocycles. The lowest BCUT2D eigenvalue weighted by atomic mass is 9.83. The second-order valence-electron chi connectivity index (χ2n) is 7.93. The Labute approximate surface area is 156 Å². The summed E-state index contributed by atoms with van der Waals surface area (Å²) < 4.78 is 2.12. The molecule has 4 nitrogen and oxygen atoms in total. The molecule has 2 aromatic rings. The van der Waals surface area contributed by atoms with E-state index in [0.717, 1.165) is 31.8 Å². The number of carbonyl (C=O) groups excluding carboxylic acids is 1. The Kier molecular flexibility index (Phi) is 5.09. The number of imidazole rings is 1. The number of aryl methyl sites for hydroxylation is 1. The van der Waals surface area contributed by atoms with Crippen LogP contribution in [0.3, 0.4) is 0 Å². The molecule has 138 valence electrons. The summed E-state index contributed by atoms with van der Waals surface area (Å²) in [5.41, 5.74) is 1.20. The van der Waals surface area contributed by atoms with E-state index in [-0.39, 0.29) is 5.92 Å². The number of aromatic nitrogens is 2. The van der Waals surface area contributed by atoms with Crippen LogP contribution in [0.1, 0.15) is 61.7 Å². The molecule has 1 saturated heterocycles. The lowest BCUT2D eigenvalue weighted by Gasteiger charge is -2.35.